The van der Waals surface area contributed by atoms with Crippen molar-refractivity contribution < 1.29 is 0 Å². The van der Waals surface area contributed by atoms with Gasteiger partial charge in [0.05, 0.1) is 0 Å². The third-order valence-corrected chi connectivity index (χ3v) is 3.85. The lowest BCUT2D eigenvalue weighted by Gasteiger charge is -2.35. The molecule has 1 aromatic rings. The van der Waals surface area contributed by atoms with Gasteiger partial charge in [0.1, 0.15) is 5.82 Å². The van der Waals surface area contributed by atoms with Crippen molar-refractivity contribution in [2.75, 3.05) is 25.5 Å². The molecule has 0 aromatic carbocycles. The van der Waals surface area contributed by atoms with Crippen LogP contribution in [0.3, 0.4) is 0 Å². The maximum absolute atomic E-state index is 4.53. The molecule has 2 heterocycles. The molecule has 1 saturated heterocycles. The minimum atomic E-state index is 0.579. The molecule has 0 spiro atoms. The molecule has 1 aliphatic rings. The zero-order valence-electron chi connectivity index (χ0n) is 11.9. The molecule has 1 aliphatic heterocycles. The van der Waals surface area contributed by atoms with Crippen LogP contribution in [0.2, 0.25) is 0 Å². The largest absolute Gasteiger partial charge is 0.373 e. The second-order valence-electron chi connectivity index (χ2n) is 5.23. The molecule has 1 aromatic heterocycles. The highest BCUT2D eigenvalue weighted by molar-refractivity contribution is 5.44. The Hall–Kier alpha value is -1.09. The minimum absolute atomic E-state index is 0.579. The Kier molecular flexibility index (Phi) is 4.59. The lowest BCUT2D eigenvalue weighted by Crippen LogP contribution is -2.34. The van der Waals surface area contributed by atoms with Crippen molar-refractivity contribution in [1.29, 1.82) is 0 Å². The number of anilines is 1. The zero-order valence-corrected chi connectivity index (χ0v) is 11.9. The SMILES string of the molecule is CCCN1CCCCC1c1cnc(NC)c(C)c1. The summed E-state index contributed by atoms with van der Waals surface area (Å²) >= 11 is 0. The van der Waals surface area contributed by atoms with Gasteiger partial charge in [0.15, 0.2) is 0 Å². The number of nitrogens with one attached hydrogen (secondary N) is 1. The number of rotatable bonds is 4. The number of pyridine rings is 1. The summed E-state index contributed by atoms with van der Waals surface area (Å²) in [6, 6.07) is 2.88. The second kappa shape index (κ2) is 6.19. The van der Waals surface area contributed by atoms with Crippen molar-refractivity contribution in [1.82, 2.24) is 9.88 Å². The van der Waals surface area contributed by atoms with Gasteiger partial charge in [0.25, 0.3) is 0 Å². The predicted octanol–water partition coefficient (Wildman–Crippen LogP) is 3.37. The van der Waals surface area contributed by atoms with Crippen LogP contribution in [0.25, 0.3) is 0 Å². The molecular formula is C15H25N3. The van der Waals surface area contributed by atoms with E-state index < -0.39 is 0 Å². The van der Waals surface area contributed by atoms with Crippen LogP contribution in [-0.2, 0) is 0 Å². The molecule has 3 heteroatoms. The first-order chi connectivity index (χ1) is 8.76. The smallest absolute Gasteiger partial charge is 0.128 e. The van der Waals surface area contributed by atoms with E-state index in [9.17, 15) is 0 Å². The summed E-state index contributed by atoms with van der Waals surface area (Å²) in [5, 5.41) is 3.14. The van der Waals surface area contributed by atoms with Gasteiger partial charge in [-0.2, -0.15) is 0 Å². The maximum Gasteiger partial charge on any atom is 0.128 e. The van der Waals surface area contributed by atoms with Crippen LogP contribution in [0.4, 0.5) is 5.82 Å². The number of aryl methyl sites for hydroxylation is 1. The van der Waals surface area contributed by atoms with Crippen molar-refractivity contribution in [2.45, 2.75) is 45.6 Å². The monoisotopic (exact) mass is 247 g/mol. The molecule has 3 nitrogen and oxygen atoms in total. The normalized spacial score (nSPS) is 20.9. The van der Waals surface area contributed by atoms with E-state index in [4.69, 9.17) is 0 Å². The second-order valence-corrected chi connectivity index (χ2v) is 5.23. The molecule has 1 unspecified atom stereocenters. The van der Waals surface area contributed by atoms with E-state index in [1.54, 1.807) is 0 Å². The van der Waals surface area contributed by atoms with Gasteiger partial charge in [0, 0.05) is 19.3 Å². The fourth-order valence-electron chi connectivity index (χ4n) is 2.96. The molecule has 1 N–H and O–H groups in total. The van der Waals surface area contributed by atoms with Gasteiger partial charge in [-0.25, -0.2) is 4.98 Å². The van der Waals surface area contributed by atoms with E-state index in [1.165, 1.54) is 49.9 Å². The summed E-state index contributed by atoms with van der Waals surface area (Å²) in [6.45, 7) is 6.84. The third-order valence-electron chi connectivity index (χ3n) is 3.85. The summed E-state index contributed by atoms with van der Waals surface area (Å²) < 4.78 is 0. The first-order valence-electron chi connectivity index (χ1n) is 7.14. The predicted molar refractivity (Wildman–Crippen MR) is 77.0 cm³/mol. The van der Waals surface area contributed by atoms with Gasteiger partial charge in [-0.3, -0.25) is 4.90 Å². The van der Waals surface area contributed by atoms with Crippen LogP contribution in [-0.4, -0.2) is 30.0 Å². The average Bonchev–Trinajstić information content (AvgIpc) is 2.40. The Bertz CT molecular complexity index is 387. The summed E-state index contributed by atoms with van der Waals surface area (Å²) in [6.07, 6.45) is 7.25. The van der Waals surface area contributed by atoms with Crippen molar-refractivity contribution >= 4 is 5.82 Å². The van der Waals surface area contributed by atoms with Gasteiger partial charge >= 0.3 is 0 Å². The Labute approximate surface area is 111 Å². The van der Waals surface area contributed by atoms with Crippen molar-refractivity contribution in [3.05, 3.63) is 23.4 Å². The lowest BCUT2D eigenvalue weighted by atomic mass is 9.95. The van der Waals surface area contributed by atoms with Gasteiger partial charge in [0.2, 0.25) is 0 Å². The van der Waals surface area contributed by atoms with Crippen molar-refractivity contribution in [3.8, 4) is 0 Å². The van der Waals surface area contributed by atoms with Crippen molar-refractivity contribution in [2.24, 2.45) is 0 Å². The molecule has 1 atom stereocenters. The minimum Gasteiger partial charge on any atom is -0.373 e. The average molecular weight is 247 g/mol. The van der Waals surface area contributed by atoms with E-state index in [2.05, 4.69) is 41.3 Å². The molecule has 18 heavy (non-hydrogen) atoms. The summed E-state index contributed by atoms with van der Waals surface area (Å²) in [7, 11) is 1.93. The molecule has 0 bridgehead atoms. The van der Waals surface area contributed by atoms with Crippen LogP contribution in [0.1, 0.15) is 49.8 Å². The van der Waals surface area contributed by atoms with Gasteiger partial charge < -0.3 is 5.32 Å². The molecule has 100 valence electrons. The number of aromatic nitrogens is 1. The van der Waals surface area contributed by atoms with E-state index in [0.29, 0.717) is 6.04 Å². The Morgan fingerprint density at radius 2 is 2.28 bits per heavy atom. The Morgan fingerprint density at radius 3 is 2.94 bits per heavy atom. The maximum atomic E-state index is 4.53. The number of piperidine rings is 1. The topological polar surface area (TPSA) is 28.2 Å². The highest BCUT2D eigenvalue weighted by Crippen LogP contribution is 2.31. The fourth-order valence-corrected chi connectivity index (χ4v) is 2.96. The quantitative estimate of drug-likeness (QED) is 0.884. The van der Waals surface area contributed by atoms with Crippen LogP contribution >= 0.6 is 0 Å². The molecule has 1 fully saturated rings. The van der Waals surface area contributed by atoms with Crippen LogP contribution in [0.15, 0.2) is 12.3 Å². The Morgan fingerprint density at radius 1 is 1.44 bits per heavy atom. The molecule has 0 radical (unpaired) electrons. The number of hydrogen-bond acceptors (Lipinski definition) is 3. The van der Waals surface area contributed by atoms with E-state index >= 15 is 0 Å². The third kappa shape index (κ3) is 2.83. The molecule has 0 saturated carbocycles. The standard InChI is InChI=1S/C15H25N3/c1-4-8-18-9-6-5-7-14(18)13-10-12(2)15(16-3)17-11-13/h10-11,14H,4-9H2,1-3H3,(H,16,17). The summed E-state index contributed by atoms with van der Waals surface area (Å²) in [5.41, 5.74) is 2.64. The molecule has 0 amide bonds. The highest BCUT2D eigenvalue weighted by atomic mass is 15.2. The molecule has 0 aliphatic carbocycles. The van der Waals surface area contributed by atoms with Crippen molar-refractivity contribution in [3.63, 3.8) is 0 Å². The van der Waals surface area contributed by atoms with E-state index in [-0.39, 0.29) is 0 Å². The number of hydrogen-bond donors (Lipinski definition) is 1. The zero-order chi connectivity index (χ0) is 13.0. The summed E-state index contributed by atoms with van der Waals surface area (Å²) in [5.74, 6) is 0.997. The Balaban J connectivity index is 2.19. The molecule has 2 rings (SSSR count). The first kappa shape index (κ1) is 13.3. The fraction of sp³-hybridized carbons (Fsp3) is 0.667. The van der Waals surface area contributed by atoms with Crippen LogP contribution in [0.5, 0.6) is 0 Å². The lowest BCUT2D eigenvalue weighted by molar-refractivity contribution is 0.149. The van der Waals surface area contributed by atoms with Gasteiger partial charge in [-0.05, 0) is 56.5 Å². The number of nitrogens with zero attached hydrogens (tertiary/aromatic N) is 2. The van der Waals surface area contributed by atoms with E-state index in [0.717, 1.165) is 5.82 Å². The highest BCUT2D eigenvalue weighted by Gasteiger charge is 2.23. The van der Waals surface area contributed by atoms with E-state index in [1.807, 2.05) is 7.05 Å². The van der Waals surface area contributed by atoms with Crippen LogP contribution < -0.4 is 5.32 Å². The van der Waals surface area contributed by atoms with Crippen LogP contribution in [0, 0.1) is 6.92 Å². The molecular weight excluding hydrogens is 222 g/mol. The van der Waals surface area contributed by atoms with Gasteiger partial charge in [-0.15, -0.1) is 0 Å². The van der Waals surface area contributed by atoms with Gasteiger partial charge in [-0.1, -0.05) is 13.3 Å². The number of likely N-dealkylation sites (tertiary alicyclic amines) is 1. The first-order valence-corrected chi connectivity index (χ1v) is 7.14. The summed E-state index contributed by atoms with van der Waals surface area (Å²) in [4.78, 5) is 7.15.